The Morgan fingerprint density at radius 2 is 1.26 bits per heavy atom. The zero-order chi connectivity index (χ0) is 16.8. The van der Waals surface area contributed by atoms with E-state index in [0.717, 1.165) is 25.7 Å². The van der Waals surface area contributed by atoms with Crippen LogP contribution in [0.1, 0.15) is 51.4 Å². The van der Waals surface area contributed by atoms with Crippen LogP contribution in [0.25, 0.3) is 0 Å². The molecule has 2 aliphatic rings. The molecule has 2 atom stereocenters. The van der Waals surface area contributed by atoms with Crippen LogP contribution in [0.2, 0.25) is 0 Å². The van der Waals surface area contributed by atoms with Crippen LogP contribution in [0.5, 0.6) is 0 Å². The summed E-state index contributed by atoms with van der Waals surface area (Å²) in [5.41, 5.74) is 0. The molecule has 2 saturated heterocycles. The first kappa shape index (κ1) is 18.0. The number of hydrogen-bond donors (Lipinski definition) is 0. The van der Waals surface area contributed by atoms with E-state index < -0.39 is 21.4 Å². The minimum Gasteiger partial charge on any atom is -0.350 e. The van der Waals surface area contributed by atoms with Gasteiger partial charge >= 0.3 is 0 Å². The van der Waals surface area contributed by atoms with Gasteiger partial charge in [0.05, 0.1) is 26.1 Å². The van der Waals surface area contributed by atoms with Gasteiger partial charge in [0.2, 0.25) is 13.1 Å². The summed E-state index contributed by atoms with van der Waals surface area (Å²) in [5, 5.41) is 21.5. The normalized spacial score (nSPS) is 31.7. The lowest BCUT2D eigenvalue weighted by Crippen LogP contribution is -2.52. The van der Waals surface area contributed by atoms with Crippen molar-refractivity contribution in [3.8, 4) is 0 Å². The highest BCUT2D eigenvalue weighted by molar-refractivity contribution is 4.82. The molecule has 0 amide bonds. The lowest BCUT2D eigenvalue weighted by molar-refractivity contribution is -0.502. The van der Waals surface area contributed by atoms with Gasteiger partial charge in [0.15, 0.2) is 11.6 Å². The molecule has 23 heavy (non-hydrogen) atoms. The minimum absolute atomic E-state index is 0.129. The first-order valence-electron chi connectivity index (χ1n) is 8.17. The van der Waals surface area contributed by atoms with Crippen LogP contribution in [0.3, 0.4) is 0 Å². The molecule has 0 N–H and O–H groups in total. The second-order valence-corrected chi connectivity index (χ2v) is 6.15. The lowest BCUT2D eigenvalue weighted by atomic mass is 9.98. The van der Waals surface area contributed by atoms with Gasteiger partial charge in [-0.15, -0.1) is 0 Å². The summed E-state index contributed by atoms with van der Waals surface area (Å²) < 4.78 is 17.7. The van der Waals surface area contributed by atoms with Gasteiger partial charge in [-0.2, -0.15) is 0 Å². The maximum absolute atomic E-state index is 10.7. The fraction of sp³-hybridized carbons (Fsp3) is 1.00. The number of nitrogens with zero attached hydrogens (tertiary/aromatic N) is 2. The van der Waals surface area contributed by atoms with Crippen LogP contribution < -0.4 is 0 Å². The largest absolute Gasteiger partial charge is 0.350 e. The maximum Gasteiger partial charge on any atom is 0.209 e. The van der Waals surface area contributed by atoms with Crippen LogP contribution in [0, 0.1) is 20.2 Å². The highest BCUT2D eigenvalue weighted by atomic mass is 16.8. The van der Waals surface area contributed by atoms with Crippen molar-refractivity contribution in [2.75, 3.05) is 26.3 Å². The Bertz CT molecular complexity index is 379. The van der Waals surface area contributed by atoms with E-state index in [0.29, 0.717) is 26.1 Å². The van der Waals surface area contributed by atoms with Crippen LogP contribution in [-0.4, -0.2) is 47.7 Å². The van der Waals surface area contributed by atoms with Crippen molar-refractivity contribution in [3.63, 3.8) is 0 Å². The Kier molecular flexibility index (Phi) is 6.25. The van der Waals surface area contributed by atoms with Gasteiger partial charge in [0, 0.05) is 22.7 Å². The number of hydrogen-bond acceptors (Lipinski definition) is 7. The van der Waals surface area contributed by atoms with E-state index in [2.05, 4.69) is 0 Å². The SMILES string of the molecule is O=[N+]([O-])CCC1(OC2(CC[N+](=O)[O-])CCCCO2)CCCCO1. The van der Waals surface area contributed by atoms with Gasteiger partial charge in [0.25, 0.3) is 0 Å². The van der Waals surface area contributed by atoms with Crippen molar-refractivity contribution in [2.45, 2.75) is 62.9 Å². The van der Waals surface area contributed by atoms with Gasteiger partial charge in [-0.3, -0.25) is 20.2 Å². The Labute approximate surface area is 134 Å². The summed E-state index contributed by atoms with van der Waals surface area (Å²) >= 11 is 0. The Morgan fingerprint density at radius 1 is 0.826 bits per heavy atom. The number of rotatable bonds is 8. The molecule has 9 heteroatoms. The van der Waals surface area contributed by atoms with Crippen LogP contribution in [-0.2, 0) is 14.2 Å². The molecular formula is C14H24N2O7. The Balaban J connectivity index is 2.11. The first-order chi connectivity index (χ1) is 11.0. The molecule has 2 heterocycles. The second-order valence-electron chi connectivity index (χ2n) is 6.15. The molecule has 2 aliphatic heterocycles. The fourth-order valence-corrected chi connectivity index (χ4v) is 3.17. The van der Waals surface area contributed by atoms with Crippen molar-refractivity contribution >= 4 is 0 Å². The molecule has 0 aliphatic carbocycles. The van der Waals surface area contributed by atoms with E-state index in [4.69, 9.17) is 14.2 Å². The van der Waals surface area contributed by atoms with Gasteiger partial charge < -0.3 is 14.2 Å². The molecule has 2 unspecified atom stereocenters. The predicted octanol–water partition coefficient (Wildman–Crippen LogP) is 2.13. The van der Waals surface area contributed by atoms with Crippen molar-refractivity contribution < 1.29 is 24.1 Å². The Morgan fingerprint density at radius 3 is 1.57 bits per heavy atom. The molecule has 9 nitrogen and oxygen atoms in total. The van der Waals surface area contributed by atoms with Crippen molar-refractivity contribution in [1.29, 1.82) is 0 Å². The summed E-state index contributed by atoms with van der Waals surface area (Å²) in [6, 6.07) is 0. The van der Waals surface area contributed by atoms with E-state index in [1.54, 1.807) is 0 Å². The Hall–Kier alpha value is -1.32. The number of nitro groups is 2. The lowest BCUT2D eigenvalue weighted by Gasteiger charge is -2.45. The second kappa shape index (κ2) is 7.98. The van der Waals surface area contributed by atoms with E-state index in [-0.39, 0.29) is 25.9 Å². The zero-order valence-corrected chi connectivity index (χ0v) is 13.2. The average molecular weight is 332 g/mol. The number of ether oxygens (including phenoxy) is 3. The average Bonchev–Trinajstić information content (AvgIpc) is 2.53. The fourth-order valence-electron chi connectivity index (χ4n) is 3.17. The standard InChI is InChI=1S/C14H24N2O7/c17-15(18)9-7-13(5-1-3-11-21-13)23-14(8-10-16(19)20)6-2-4-12-22-14/h1-12H2. The zero-order valence-electron chi connectivity index (χ0n) is 13.2. The quantitative estimate of drug-likeness (QED) is 0.494. The molecule has 0 bridgehead atoms. The van der Waals surface area contributed by atoms with E-state index in [9.17, 15) is 20.2 Å². The smallest absolute Gasteiger partial charge is 0.209 e. The third kappa shape index (κ3) is 5.36. The summed E-state index contributed by atoms with van der Waals surface area (Å²) in [4.78, 5) is 20.7. The molecule has 0 aromatic carbocycles. The van der Waals surface area contributed by atoms with Gasteiger partial charge in [-0.25, -0.2) is 0 Å². The highest BCUT2D eigenvalue weighted by Crippen LogP contribution is 2.39. The molecular weight excluding hydrogens is 308 g/mol. The van der Waals surface area contributed by atoms with Crippen LogP contribution in [0.4, 0.5) is 0 Å². The summed E-state index contributed by atoms with van der Waals surface area (Å²) in [7, 11) is 0. The van der Waals surface area contributed by atoms with E-state index in [1.165, 1.54) is 0 Å². The van der Waals surface area contributed by atoms with Gasteiger partial charge in [-0.05, 0) is 25.7 Å². The third-order valence-corrected chi connectivity index (χ3v) is 4.36. The first-order valence-corrected chi connectivity index (χ1v) is 8.17. The predicted molar refractivity (Wildman–Crippen MR) is 79.1 cm³/mol. The molecule has 132 valence electrons. The third-order valence-electron chi connectivity index (χ3n) is 4.36. The summed E-state index contributed by atoms with van der Waals surface area (Å²) in [6.07, 6.45) is 4.81. The molecule has 0 saturated carbocycles. The summed E-state index contributed by atoms with van der Waals surface area (Å²) in [5.74, 6) is -2.14. The van der Waals surface area contributed by atoms with E-state index >= 15 is 0 Å². The highest BCUT2D eigenvalue weighted by Gasteiger charge is 2.46. The molecule has 0 spiro atoms. The van der Waals surface area contributed by atoms with Gasteiger partial charge in [-0.1, -0.05) is 0 Å². The topological polar surface area (TPSA) is 114 Å². The monoisotopic (exact) mass is 332 g/mol. The molecule has 0 aromatic rings. The maximum atomic E-state index is 10.7. The van der Waals surface area contributed by atoms with Gasteiger partial charge in [0.1, 0.15) is 0 Å². The molecule has 0 aromatic heterocycles. The molecule has 0 radical (unpaired) electrons. The molecule has 2 fully saturated rings. The molecule has 2 rings (SSSR count). The van der Waals surface area contributed by atoms with Crippen molar-refractivity contribution in [3.05, 3.63) is 20.2 Å². The minimum atomic E-state index is -1.07. The van der Waals surface area contributed by atoms with Crippen molar-refractivity contribution in [1.82, 2.24) is 0 Å². The van der Waals surface area contributed by atoms with Crippen molar-refractivity contribution in [2.24, 2.45) is 0 Å². The van der Waals surface area contributed by atoms with Crippen LogP contribution in [0.15, 0.2) is 0 Å². The summed E-state index contributed by atoms with van der Waals surface area (Å²) in [6.45, 7) is 0.433. The van der Waals surface area contributed by atoms with Crippen LogP contribution >= 0.6 is 0 Å². The van der Waals surface area contributed by atoms with E-state index in [1.807, 2.05) is 0 Å².